The van der Waals surface area contributed by atoms with Crippen LogP contribution in [0.3, 0.4) is 0 Å². The van der Waals surface area contributed by atoms with Crippen LogP contribution in [0.5, 0.6) is 0 Å². The number of aryl methyl sites for hydroxylation is 1. The topological polar surface area (TPSA) is 18.5 Å². The average Bonchev–Trinajstić information content (AvgIpc) is 2.35. The standard InChI is InChI=1S/C13H19BO2/c1-10-8-6-7-9-11(10)14-15-12(2,3)13(4,5)16-14/h6-9H,1-5H3/i9D. The van der Waals surface area contributed by atoms with E-state index in [1.54, 1.807) is 6.07 Å². The molecule has 0 saturated carbocycles. The molecule has 3 heteroatoms. The second-order valence-corrected chi connectivity index (χ2v) is 5.36. The quantitative estimate of drug-likeness (QED) is 0.674. The first kappa shape index (κ1) is 10.4. The zero-order valence-electron chi connectivity index (χ0n) is 11.6. The minimum Gasteiger partial charge on any atom is -0.399 e. The number of rotatable bonds is 1. The molecule has 1 aromatic rings. The molecule has 2 rings (SSSR count). The minimum atomic E-state index is -0.436. The lowest BCUT2D eigenvalue weighted by Gasteiger charge is -2.32. The van der Waals surface area contributed by atoms with Gasteiger partial charge in [0.25, 0.3) is 0 Å². The second kappa shape index (κ2) is 3.61. The fourth-order valence-electron chi connectivity index (χ4n) is 1.75. The van der Waals surface area contributed by atoms with E-state index in [4.69, 9.17) is 10.7 Å². The van der Waals surface area contributed by atoms with Crippen molar-refractivity contribution in [3.63, 3.8) is 0 Å². The molecule has 0 bridgehead atoms. The van der Waals surface area contributed by atoms with Crippen LogP contribution in [0.2, 0.25) is 0 Å². The molecular formula is C13H19BO2. The molecule has 0 radical (unpaired) electrons. The van der Waals surface area contributed by atoms with Gasteiger partial charge < -0.3 is 9.31 Å². The molecule has 16 heavy (non-hydrogen) atoms. The van der Waals surface area contributed by atoms with Crippen molar-refractivity contribution >= 4 is 12.6 Å². The molecule has 0 amide bonds. The molecule has 2 nitrogen and oxygen atoms in total. The predicted octanol–water partition coefficient (Wildman–Crippen LogP) is 2.29. The summed E-state index contributed by atoms with van der Waals surface area (Å²) < 4.78 is 19.9. The third-order valence-corrected chi connectivity index (χ3v) is 3.60. The predicted molar refractivity (Wildman–Crippen MR) is 66.9 cm³/mol. The number of benzene rings is 1. The van der Waals surface area contributed by atoms with E-state index in [9.17, 15) is 0 Å². The van der Waals surface area contributed by atoms with E-state index in [2.05, 4.69) is 0 Å². The van der Waals surface area contributed by atoms with E-state index in [1.807, 2.05) is 46.8 Å². The highest BCUT2D eigenvalue weighted by Gasteiger charge is 2.51. The van der Waals surface area contributed by atoms with Crippen LogP contribution in [-0.2, 0) is 9.31 Å². The summed E-state index contributed by atoms with van der Waals surface area (Å²) in [5.41, 5.74) is 1.17. The summed E-state index contributed by atoms with van der Waals surface area (Å²) in [5.74, 6) is 0. The Morgan fingerprint density at radius 3 is 2.19 bits per heavy atom. The summed E-state index contributed by atoms with van der Waals surface area (Å²) in [6, 6.07) is 6.11. The molecule has 0 spiro atoms. The van der Waals surface area contributed by atoms with Gasteiger partial charge in [-0.2, -0.15) is 0 Å². The van der Waals surface area contributed by atoms with E-state index < -0.39 is 7.12 Å². The molecule has 1 aromatic carbocycles. The number of hydrogen-bond acceptors (Lipinski definition) is 2. The highest BCUT2D eigenvalue weighted by Crippen LogP contribution is 2.36. The Hall–Kier alpha value is -0.795. The van der Waals surface area contributed by atoms with E-state index in [0.717, 1.165) is 11.0 Å². The van der Waals surface area contributed by atoms with Crippen LogP contribution in [-0.4, -0.2) is 18.3 Å². The summed E-state index contributed by atoms with van der Waals surface area (Å²) in [4.78, 5) is 0. The van der Waals surface area contributed by atoms with Gasteiger partial charge >= 0.3 is 7.12 Å². The summed E-state index contributed by atoms with van der Waals surface area (Å²) in [6.07, 6.45) is 0. The second-order valence-electron chi connectivity index (χ2n) is 5.36. The van der Waals surface area contributed by atoms with Gasteiger partial charge in [0, 0.05) is 0 Å². The molecule has 1 heterocycles. The highest BCUT2D eigenvalue weighted by atomic mass is 16.7. The van der Waals surface area contributed by atoms with Crippen molar-refractivity contribution < 1.29 is 10.7 Å². The van der Waals surface area contributed by atoms with Crippen molar-refractivity contribution in [2.45, 2.75) is 45.8 Å². The fourth-order valence-corrected chi connectivity index (χ4v) is 1.75. The van der Waals surface area contributed by atoms with Crippen molar-refractivity contribution in [3.05, 3.63) is 29.8 Å². The Kier molecular flexibility index (Phi) is 2.34. The first-order valence-corrected chi connectivity index (χ1v) is 5.66. The maximum absolute atomic E-state index is 7.98. The van der Waals surface area contributed by atoms with Gasteiger partial charge in [-0.05, 0) is 40.1 Å². The summed E-state index contributed by atoms with van der Waals surface area (Å²) in [7, 11) is -0.436. The molecule has 0 aromatic heterocycles. The van der Waals surface area contributed by atoms with Crippen molar-refractivity contribution in [2.24, 2.45) is 0 Å². The zero-order valence-corrected chi connectivity index (χ0v) is 10.6. The first-order chi connectivity index (χ1) is 7.74. The van der Waals surface area contributed by atoms with Crippen molar-refractivity contribution in [3.8, 4) is 0 Å². The van der Waals surface area contributed by atoms with Crippen LogP contribution in [0.15, 0.2) is 24.2 Å². The van der Waals surface area contributed by atoms with Gasteiger partial charge in [0.1, 0.15) is 0 Å². The molecule has 0 N–H and O–H groups in total. The third-order valence-electron chi connectivity index (χ3n) is 3.60. The zero-order chi connectivity index (χ0) is 12.8. The molecule has 1 fully saturated rings. The third kappa shape index (κ3) is 1.78. The van der Waals surface area contributed by atoms with Gasteiger partial charge in [0.05, 0.1) is 12.6 Å². The number of hydrogen-bond donors (Lipinski definition) is 0. The maximum atomic E-state index is 7.98. The van der Waals surface area contributed by atoms with Crippen molar-refractivity contribution in [1.82, 2.24) is 0 Å². The van der Waals surface area contributed by atoms with E-state index >= 15 is 0 Å². The smallest absolute Gasteiger partial charge is 0.399 e. The van der Waals surface area contributed by atoms with E-state index in [0.29, 0.717) is 6.04 Å². The van der Waals surface area contributed by atoms with Crippen molar-refractivity contribution in [1.29, 1.82) is 0 Å². The SMILES string of the molecule is [2H]c1cccc(C)c1B1OC(C)(C)C(C)(C)O1. The van der Waals surface area contributed by atoms with Crippen LogP contribution in [0, 0.1) is 6.92 Å². The lowest BCUT2D eigenvalue weighted by Crippen LogP contribution is -2.41. The Morgan fingerprint density at radius 1 is 1.12 bits per heavy atom. The summed E-state index contributed by atoms with van der Waals surface area (Å²) >= 11 is 0. The van der Waals surface area contributed by atoms with Crippen LogP contribution < -0.4 is 5.46 Å². The summed E-state index contributed by atoms with van der Waals surface area (Å²) in [6.45, 7) is 10.1. The average molecular weight is 219 g/mol. The fraction of sp³-hybridized carbons (Fsp3) is 0.538. The van der Waals surface area contributed by atoms with Gasteiger partial charge in [-0.3, -0.25) is 0 Å². The van der Waals surface area contributed by atoms with Crippen LogP contribution >= 0.6 is 0 Å². The molecule has 1 saturated heterocycles. The van der Waals surface area contributed by atoms with Crippen LogP contribution in [0.1, 0.15) is 34.6 Å². The van der Waals surface area contributed by atoms with Gasteiger partial charge in [-0.25, -0.2) is 0 Å². The lowest BCUT2D eigenvalue weighted by atomic mass is 9.76. The lowest BCUT2D eigenvalue weighted by molar-refractivity contribution is 0.00578. The Balaban J connectivity index is 2.39. The largest absolute Gasteiger partial charge is 0.495 e. The normalized spacial score (nSPS) is 23.3. The van der Waals surface area contributed by atoms with E-state index in [-0.39, 0.29) is 11.2 Å². The molecule has 0 atom stereocenters. The Morgan fingerprint density at radius 2 is 1.69 bits per heavy atom. The maximum Gasteiger partial charge on any atom is 0.495 e. The van der Waals surface area contributed by atoms with Gasteiger partial charge in [0.15, 0.2) is 0 Å². The first-order valence-electron chi connectivity index (χ1n) is 6.16. The van der Waals surface area contributed by atoms with Gasteiger partial charge in [0.2, 0.25) is 0 Å². The van der Waals surface area contributed by atoms with Gasteiger partial charge in [-0.1, -0.05) is 29.8 Å². The van der Waals surface area contributed by atoms with Crippen molar-refractivity contribution in [2.75, 3.05) is 0 Å². The van der Waals surface area contributed by atoms with Crippen LogP contribution in [0.4, 0.5) is 0 Å². The minimum absolute atomic E-state index is 0.355. The van der Waals surface area contributed by atoms with E-state index in [1.165, 1.54) is 0 Å². The molecule has 1 aliphatic heterocycles. The van der Waals surface area contributed by atoms with Crippen LogP contribution in [0.25, 0.3) is 0 Å². The Bertz CT molecular complexity index is 407. The molecule has 1 aliphatic rings. The summed E-state index contributed by atoms with van der Waals surface area (Å²) in [5, 5.41) is 0. The molecule has 86 valence electrons. The molecular weight excluding hydrogens is 199 g/mol. The molecule has 0 unspecified atom stereocenters. The highest BCUT2D eigenvalue weighted by molar-refractivity contribution is 6.62. The molecule has 0 aliphatic carbocycles. The monoisotopic (exact) mass is 219 g/mol. The Labute approximate surface area is 99.5 Å². The van der Waals surface area contributed by atoms with Gasteiger partial charge in [-0.15, -0.1) is 0 Å².